The van der Waals surface area contributed by atoms with Crippen molar-refractivity contribution in [2.24, 2.45) is 0 Å². The molecule has 1 aliphatic rings. The van der Waals surface area contributed by atoms with Crippen LogP contribution in [0.4, 0.5) is 0 Å². The molecule has 2 heteroatoms. The molecule has 26 heavy (non-hydrogen) atoms. The van der Waals surface area contributed by atoms with E-state index >= 15 is 0 Å². The van der Waals surface area contributed by atoms with Crippen LogP contribution in [0.3, 0.4) is 0 Å². The first-order chi connectivity index (χ1) is 12.9. The molecular formula is C24H16O2. The van der Waals surface area contributed by atoms with E-state index in [4.69, 9.17) is 9.47 Å². The maximum Gasteiger partial charge on any atom is 0.109 e. The average molecular weight is 336 g/mol. The lowest BCUT2D eigenvalue weighted by Gasteiger charge is -1.95. The van der Waals surface area contributed by atoms with Crippen molar-refractivity contribution >= 4 is 0 Å². The van der Waals surface area contributed by atoms with Gasteiger partial charge >= 0.3 is 0 Å². The van der Waals surface area contributed by atoms with Crippen LogP contribution in [0.1, 0.15) is 22.3 Å². The number of fused-ring (bicyclic) bond motifs is 4. The Morgan fingerprint density at radius 2 is 0.808 bits per heavy atom. The Morgan fingerprint density at radius 3 is 1.12 bits per heavy atom. The second-order valence-corrected chi connectivity index (χ2v) is 5.35. The molecule has 1 aliphatic heterocycles. The zero-order valence-corrected chi connectivity index (χ0v) is 14.3. The third-order valence-electron chi connectivity index (χ3n) is 3.35. The lowest BCUT2D eigenvalue weighted by Crippen LogP contribution is -1.92. The van der Waals surface area contributed by atoms with Crippen molar-refractivity contribution in [2.45, 2.75) is 0 Å². The van der Waals surface area contributed by atoms with Crippen molar-refractivity contribution < 1.29 is 9.47 Å². The van der Waals surface area contributed by atoms with Gasteiger partial charge in [-0.15, -0.1) is 0 Å². The van der Waals surface area contributed by atoms with Crippen molar-refractivity contribution in [3.8, 4) is 47.4 Å². The van der Waals surface area contributed by atoms with Crippen LogP contribution in [0.5, 0.6) is 0 Å². The fourth-order valence-electron chi connectivity index (χ4n) is 2.21. The number of benzene rings is 2. The van der Waals surface area contributed by atoms with E-state index in [-0.39, 0.29) is 0 Å². The van der Waals surface area contributed by atoms with Gasteiger partial charge in [0.25, 0.3) is 0 Å². The van der Waals surface area contributed by atoms with Crippen LogP contribution in [0, 0.1) is 47.4 Å². The monoisotopic (exact) mass is 336 g/mol. The molecule has 0 radical (unpaired) electrons. The fourth-order valence-corrected chi connectivity index (χ4v) is 2.21. The number of ether oxygens (including phenoxy) is 2. The number of hydrogen-bond donors (Lipinski definition) is 0. The van der Waals surface area contributed by atoms with Gasteiger partial charge in [0.05, 0.1) is 0 Å². The van der Waals surface area contributed by atoms with E-state index < -0.39 is 0 Å². The van der Waals surface area contributed by atoms with Gasteiger partial charge in [0.15, 0.2) is 0 Å². The highest BCUT2D eigenvalue weighted by atomic mass is 16.5. The van der Waals surface area contributed by atoms with Gasteiger partial charge in [0.2, 0.25) is 0 Å². The van der Waals surface area contributed by atoms with E-state index in [0.717, 1.165) is 22.3 Å². The van der Waals surface area contributed by atoms with E-state index in [0.29, 0.717) is 26.4 Å². The topological polar surface area (TPSA) is 18.5 Å². The highest BCUT2D eigenvalue weighted by Crippen LogP contribution is 2.03. The van der Waals surface area contributed by atoms with Crippen molar-refractivity contribution in [1.29, 1.82) is 0 Å². The molecule has 0 unspecified atom stereocenters. The van der Waals surface area contributed by atoms with Crippen LogP contribution in [0.25, 0.3) is 0 Å². The van der Waals surface area contributed by atoms with Crippen LogP contribution in [-0.4, -0.2) is 26.4 Å². The lowest BCUT2D eigenvalue weighted by atomic mass is 10.1. The van der Waals surface area contributed by atoms with Crippen molar-refractivity contribution in [2.75, 3.05) is 26.4 Å². The molecule has 2 nitrogen and oxygen atoms in total. The molecule has 0 aliphatic carbocycles. The zero-order chi connectivity index (χ0) is 17.9. The molecule has 3 rings (SSSR count). The van der Waals surface area contributed by atoms with Crippen LogP contribution in [0.15, 0.2) is 48.5 Å². The fraction of sp³-hybridized carbons (Fsp3) is 0.167. The first-order valence-electron chi connectivity index (χ1n) is 8.21. The van der Waals surface area contributed by atoms with Gasteiger partial charge in [0.1, 0.15) is 26.4 Å². The van der Waals surface area contributed by atoms with Gasteiger partial charge in [-0.2, -0.15) is 0 Å². The maximum absolute atomic E-state index is 5.44. The molecule has 0 saturated carbocycles. The molecule has 0 aromatic heterocycles. The minimum Gasteiger partial charge on any atom is -0.356 e. The molecule has 0 saturated heterocycles. The molecule has 0 atom stereocenters. The zero-order valence-electron chi connectivity index (χ0n) is 14.3. The summed E-state index contributed by atoms with van der Waals surface area (Å²) >= 11 is 0. The maximum atomic E-state index is 5.44. The highest BCUT2D eigenvalue weighted by molar-refractivity contribution is 5.44. The number of hydrogen-bond acceptors (Lipinski definition) is 2. The quantitative estimate of drug-likeness (QED) is 0.689. The van der Waals surface area contributed by atoms with Gasteiger partial charge in [0, 0.05) is 22.3 Å². The Balaban J connectivity index is 1.77. The van der Waals surface area contributed by atoms with E-state index in [2.05, 4.69) is 47.4 Å². The van der Waals surface area contributed by atoms with E-state index in [1.165, 1.54) is 0 Å². The Bertz CT molecular complexity index is 858. The van der Waals surface area contributed by atoms with Gasteiger partial charge < -0.3 is 9.47 Å². The summed E-state index contributed by atoms with van der Waals surface area (Å²) in [7, 11) is 0. The van der Waals surface area contributed by atoms with E-state index in [1.807, 2.05) is 48.5 Å². The van der Waals surface area contributed by atoms with Gasteiger partial charge in [-0.05, 0) is 36.4 Å². The molecule has 0 spiro atoms. The first-order valence-corrected chi connectivity index (χ1v) is 8.21. The Kier molecular flexibility index (Phi) is 6.56. The van der Waals surface area contributed by atoms with Crippen molar-refractivity contribution in [3.63, 3.8) is 0 Å². The average Bonchev–Trinajstić information content (AvgIpc) is 2.66. The summed E-state index contributed by atoms with van der Waals surface area (Å²) in [6.45, 7) is 1.35. The molecule has 0 amide bonds. The third kappa shape index (κ3) is 5.91. The van der Waals surface area contributed by atoms with E-state index in [1.54, 1.807) is 0 Å². The van der Waals surface area contributed by atoms with Gasteiger partial charge in [-0.1, -0.05) is 59.5 Å². The summed E-state index contributed by atoms with van der Waals surface area (Å²) in [6, 6.07) is 15.6. The largest absolute Gasteiger partial charge is 0.356 e. The normalized spacial score (nSPS) is 13.2. The lowest BCUT2D eigenvalue weighted by molar-refractivity contribution is 0.204. The van der Waals surface area contributed by atoms with Crippen LogP contribution in [0.2, 0.25) is 0 Å². The summed E-state index contributed by atoms with van der Waals surface area (Å²) in [5.74, 6) is 24.2. The van der Waals surface area contributed by atoms with Crippen LogP contribution in [-0.2, 0) is 9.47 Å². The summed E-state index contributed by atoms with van der Waals surface area (Å²) in [4.78, 5) is 0. The summed E-state index contributed by atoms with van der Waals surface area (Å²) < 4.78 is 10.9. The molecule has 0 N–H and O–H groups in total. The standard InChI is InChI=1S/C24H16O2/c1-7-21-11-3-15-25-17-5-13-23-9-2-10-24(20-23)14-6-18-26-16-4-12-22(8-1)19-21/h1-2,7-10,19-20H,15-18H2. The third-order valence-corrected chi connectivity index (χ3v) is 3.35. The summed E-state index contributed by atoms with van der Waals surface area (Å²) in [6.07, 6.45) is 0. The van der Waals surface area contributed by atoms with E-state index in [9.17, 15) is 0 Å². The highest BCUT2D eigenvalue weighted by Gasteiger charge is 1.91. The number of rotatable bonds is 0. The van der Waals surface area contributed by atoms with Gasteiger partial charge in [-0.3, -0.25) is 0 Å². The van der Waals surface area contributed by atoms with Crippen molar-refractivity contribution in [1.82, 2.24) is 0 Å². The molecular weight excluding hydrogens is 320 g/mol. The summed E-state index contributed by atoms with van der Waals surface area (Å²) in [5.41, 5.74) is 3.63. The molecule has 124 valence electrons. The molecule has 1 heterocycles. The second kappa shape index (κ2) is 9.79. The molecule has 2 aromatic carbocycles. The van der Waals surface area contributed by atoms with Crippen LogP contribution < -0.4 is 0 Å². The molecule has 0 fully saturated rings. The van der Waals surface area contributed by atoms with Crippen LogP contribution >= 0.6 is 0 Å². The summed E-state index contributed by atoms with van der Waals surface area (Å²) in [5, 5.41) is 0. The molecule has 4 bridgehead atoms. The predicted molar refractivity (Wildman–Crippen MR) is 102 cm³/mol. The minimum absolute atomic E-state index is 0.337. The SMILES string of the molecule is C1#Cc2cccc(c2)C#CCOCC#Cc2cccc(c2)C#CCOC1. The smallest absolute Gasteiger partial charge is 0.109 e. The Morgan fingerprint density at radius 1 is 0.500 bits per heavy atom. The first kappa shape index (κ1) is 17.4. The Labute approximate surface area is 154 Å². The minimum atomic E-state index is 0.337. The van der Waals surface area contributed by atoms with Crippen molar-refractivity contribution in [3.05, 3.63) is 70.8 Å². The Hall–Kier alpha value is -3.40. The predicted octanol–water partition coefficient (Wildman–Crippen LogP) is 2.84. The van der Waals surface area contributed by atoms with Gasteiger partial charge in [-0.25, -0.2) is 0 Å². The second-order valence-electron chi connectivity index (χ2n) is 5.35. The molecule has 2 aromatic rings.